The maximum absolute atomic E-state index is 4.19. The number of H-pyrrole nitrogens is 1. The molecule has 0 spiro atoms. The van der Waals surface area contributed by atoms with Crippen molar-refractivity contribution >= 4 is 11.2 Å². The van der Waals surface area contributed by atoms with Crippen LogP contribution in [0.3, 0.4) is 0 Å². The van der Waals surface area contributed by atoms with Gasteiger partial charge in [0.25, 0.3) is 0 Å². The lowest BCUT2D eigenvalue weighted by Gasteiger charge is -1.88. The zero-order valence-corrected chi connectivity index (χ0v) is 12.5. The summed E-state index contributed by atoms with van der Waals surface area (Å²) < 4.78 is 0. The van der Waals surface area contributed by atoms with Crippen LogP contribution in [0.5, 0.6) is 0 Å². The summed E-state index contributed by atoms with van der Waals surface area (Å²) in [6, 6.07) is 2.04. The fraction of sp³-hybridized carbons (Fsp3) is 0.571. The van der Waals surface area contributed by atoms with E-state index in [1.54, 1.807) is 0 Å². The molecule has 0 saturated carbocycles. The van der Waals surface area contributed by atoms with E-state index in [9.17, 15) is 0 Å². The molecule has 0 unspecified atom stereocenters. The molecule has 2 aromatic rings. The van der Waals surface area contributed by atoms with Gasteiger partial charge in [-0.3, -0.25) is 0 Å². The van der Waals surface area contributed by atoms with Crippen molar-refractivity contribution in [3.05, 3.63) is 23.7 Å². The van der Waals surface area contributed by atoms with Crippen LogP contribution in [0.4, 0.5) is 0 Å². The highest BCUT2D eigenvalue weighted by atomic mass is 15.0. The number of hydrogen-bond donors (Lipinski definition) is 1. The Labute approximate surface area is 106 Å². The summed E-state index contributed by atoms with van der Waals surface area (Å²) in [5.74, 6) is 0.915. The lowest BCUT2D eigenvalue weighted by atomic mass is 10.3. The Hall–Kier alpha value is -1.38. The second kappa shape index (κ2) is 11.1. The van der Waals surface area contributed by atoms with E-state index >= 15 is 0 Å². The second-order valence-corrected chi connectivity index (χ2v) is 2.71. The summed E-state index contributed by atoms with van der Waals surface area (Å²) in [5, 5.41) is 0. The zero-order chi connectivity index (χ0) is 13.8. The average Bonchev–Trinajstić information content (AvgIpc) is 2.76. The second-order valence-electron chi connectivity index (χ2n) is 2.71. The van der Waals surface area contributed by atoms with Gasteiger partial charge in [-0.2, -0.15) is 0 Å². The third-order valence-electron chi connectivity index (χ3n) is 1.59. The number of rotatable bonds is 0. The lowest BCUT2D eigenvalue weighted by molar-refractivity contribution is 1.16. The molecule has 3 nitrogen and oxygen atoms in total. The minimum absolute atomic E-state index is 0.799. The van der Waals surface area contributed by atoms with E-state index in [2.05, 4.69) is 15.0 Å². The van der Waals surface area contributed by atoms with Crippen molar-refractivity contribution < 1.29 is 0 Å². The van der Waals surface area contributed by atoms with Crippen LogP contribution in [0.2, 0.25) is 0 Å². The number of fused-ring (bicyclic) bond motifs is 1. The molecule has 1 N–H and O–H groups in total. The Morgan fingerprint density at radius 3 is 2.00 bits per heavy atom. The van der Waals surface area contributed by atoms with Gasteiger partial charge in [-0.1, -0.05) is 41.5 Å². The Bertz CT molecular complexity index is 391. The molecule has 2 rings (SSSR count). The molecular weight excluding hydrogens is 210 g/mol. The Kier molecular flexibility index (Phi) is 11.8. The van der Waals surface area contributed by atoms with E-state index in [1.807, 2.05) is 67.7 Å². The van der Waals surface area contributed by atoms with Crippen LogP contribution in [0.1, 0.15) is 52.9 Å². The molecule has 3 heteroatoms. The van der Waals surface area contributed by atoms with Gasteiger partial charge in [0.2, 0.25) is 0 Å². The van der Waals surface area contributed by atoms with E-state index < -0.39 is 0 Å². The van der Waals surface area contributed by atoms with Crippen LogP contribution in [0, 0.1) is 13.8 Å². The highest BCUT2D eigenvalue weighted by molar-refractivity contribution is 5.70. The first-order valence-corrected chi connectivity index (χ1v) is 6.55. The first-order chi connectivity index (χ1) is 8.25. The van der Waals surface area contributed by atoms with Gasteiger partial charge < -0.3 is 4.98 Å². The molecule has 0 aliphatic rings. The number of nitrogens with zero attached hydrogens (tertiary/aromatic N) is 2. The molecule has 17 heavy (non-hydrogen) atoms. The minimum Gasteiger partial charge on any atom is -0.341 e. The third kappa shape index (κ3) is 6.05. The van der Waals surface area contributed by atoms with Crippen molar-refractivity contribution in [2.24, 2.45) is 0 Å². The number of hydrogen-bond acceptors (Lipinski definition) is 2. The molecule has 0 radical (unpaired) electrons. The molecule has 2 heterocycles. The van der Waals surface area contributed by atoms with Gasteiger partial charge in [-0.25, -0.2) is 9.97 Å². The molecule has 0 bridgehead atoms. The molecular formula is C14H27N3. The smallest absolute Gasteiger partial charge is 0.177 e. The molecule has 0 fully saturated rings. The van der Waals surface area contributed by atoms with Gasteiger partial charge in [0.1, 0.15) is 5.82 Å². The van der Waals surface area contributed by atoms with Crippen LogP contribution < -0.4 is 0 Å². The van der Waals surface area contributed by atoms with Crippen molar-refractivity contribution in [3.63, 3.8) is 0 Å². The van der Waals surface area contributed by atoms with E-state index in [0.717, 1.165) is 22.6 Å². The number of aromatic nitrogens is 3. The van der Waals surface area contributed by atoms with E-state index in [4.69, 9.17) is 0 Å². The highest BCUT2D eigenvalue weighted by Crippen LogP contribution is 2.08. The normalized spacial score (nSPS) is 8.00. The highest BCUT2D eigenvalue weighted by Gasteiger charge is 1.98. The standard InChI is InChI=1S/C8H9N3.3C2H6/c1-5-3-7-8(9-4-5)11-6(2)10-7;3*1-2/h3-4H,1-2H3,(H,9,10,11);3*1-2H3. The van der Waals surface area contributed by atoms with Crippen LogP contribution in [-0.2, 0) is 0 Å². The van der Waals surface area contributed by atoms with Gasteiger partial charge in [-0.15, -0.1) is 0 Å². The first kappa shape index (κ1) is 18.0. The maximum atomic E-state index is 4.19. The Balaban J connectivity index is 0. The van der Waals surface area contributed by atoms with Crippen LogP contribution in [0.15, 0.2) is 12.3 Å². The number of aromatic amines is 1. The zero-order valence-electron chi connectivity index (χ0n) is 12.5. The van der Waals surface area contributed by atoms with E-state index in [1.165, 1.54) is 0 Å². The third-order valence-corrected chi connectivity index (χ3v) is 1.59. The molecule has 0 amide bonds. The number of pyridine rings is 1. The van der Waals surface area contributed by atoms with E-state index in [-0.39, 0.29) is 0 Å². The Morgan fingerprint density at radius 2 is 1.47 bits per heavy atom. The molecule has 0 atom stereocenters. The largest absolute Gasteiger partial charge is 0.341 e. The van der Waals surface area contributed by atoms with Gasteiger partial charge >= 0.3 is 0 Å². The van der Waals surface area contributed by atoms with Crippen LogP contribution in [-0.4, -0.2) is 15.0 Å². The van der Waals surface area contributed by atoms with Crippen molar-refractivity contribution in [1.29, 1.82) is 0 Å². The fourth-order valence-corrected chi connectivity index (χ4v) is 1.12. The lowest BCUT2D eigenvalue weighted by Crippen LogP contribution is -1.77. The summed E-state index contributed by atoms with van der Waals surface area (Å²) in [6.07, 6.45) is 1.82. The van der Waals surface area contributed by atoms with E-state index in [0.29, 0.717) is 0 Å². The minimum atomic E-state index is 0.799. The van der Waals surface area contributed by atoms with Gasteiger partial charge in [0, 0.05) is 6.20 Å². The molecule has 0 aromatic carbocycles. The summed E-state index contributed by atoms with van der Waals surface area (Å²) in [6.45, 7) is 15.9. The predicted octanol–water partition coefficient (Wildman–Crippen LogP) is 4.65. The topological polar surface area (TPSA) is 41.6 Å². The van der Waals surface area contributed by atoms with Gasteiger partial charge in [0.05, 0.1) is 5.52 Å². The number of aryl methyl sites for hydroxylation is 2. The summed E-state index contributed by atoms with van der Waals surface area (Å²) in [4.78, 5) is 11.5. The fourth-order valence-electron chi connectivity index (χ4n) is 1.12. The average molecular weight is 237 g/mol. The Morgan fingerprint density at radius 1 is 0.941 bits per heavy atom. The molecule has 2 aromatic heterocycles. The monoisotopic (exact) mass is 237 g/mol. The van der Waals surface area contributed by atoms with Crippen molar-refractivity contribution in [3.8, 4) is 0 Å². The van der Waals surface area contributed by atoms with Gasteiger partial charge in [0.15, 0.2) is 5.65 Å². The number of imidazole rings is 1. The maximum Gasteiger partial charge on any atom is 0.177 e. The van der Waals surface area contributed by atoms with Gasteiger partial charge in [-0.05, 0) is 25.5 Å². The summed E-state index contributed by atoms with van der Waals surface area (Å²) in [7, 11) is 0. The van der Waals surface area contributed by atoms with Crippen molar-refractivity contribution in [2.45, 2.75) is 55.4 Å². The van der Waals surface area contributed by atoms with Crippen LogP contribution >= 0.6 is 0 Å². The first-order valence-electron chi connectivity index (χ1n) is 6.55. The SMILES string of the molecule is CC.CC.CC.Cc1cnc2nc(C)[nH]c2c1. The quantitative estimate of drug-likeness (QED) is 0.724. The van der Waals surface area contributed by atoms with Crippen LogP contribution in [0.25, 0.3) is 11.2 Å². The predicted molar refractivity (Wildman–Crippen MR) is 77.4 cm³/mol. The number of nitrogens with one attached hydrogen (secondary N) is 1. The van der Waals surface area contributed by atoms with Crippen molar-refractivity contribution in [2.75, 3.05) is 0 Å². The molecule has 0 aliphatic heterocycles. The van der Waals surface area contributed by atoms with Crippen molar-refractivity contribution in [1.82, 2.24) is 15.0 Å². The molecule has 0 aliphatic carbocycles. The molecule has 0 saturated heterocycles. The summed E-state index contributed by atoms with van der Waals surface area (Å²) >= 11 is 0. The summed E-state index contributed by atoms with van der Waals surface area (Å²) in [5.41, 5.74) is 2.97. The molecule has 98 valence electrons.